The van der Waals surface area contributed by atoms with Gasteiger partial charge in [0.2, 0.25) is 0 Å². The Morgan fingerprint density at radius 3 is 2.36 bits per heavy atom. The van der Waals surface area contributed by atoms with Gasteiger partial charge >= 0.3 is 0 Å². The minimum atomic E-state index is -1.97. The molecule has 0 saturated carbocycles. The topological polar surface area (TPSA) is 57.6 Å². The van der Waals surface area contributed by atoms with E-state index < -0.39 is 11.5 Å². The number of fused-ring (bicyclic) bond motifs is 2. The fourth-order valence-electron chi connectivity index (χ4n) is 4.86. The van der Waals surface area contributed by atoms with E-state index >= 15 is 0 Å². The van der Waals surface area contributed by atoms with Crippen molar-refractivity contribution in [1.82, 2.24) is 0 Å². The Labute approximate surface area is 202 Å². The summed E-state index contributed by atoms with van der Waals surface area (Å²) in [4.78, 5) is 28.3. The molecule has 0 saturated heterocycles. The second-order valence-corrected chi connectivity index (χ2v) is 9.70. The molecule has 1 atom stereocenters. The van der Waals surface area contributed by atoms with Crippen molar-refractivity contribution in [2.24, 2.45) is 0 Å². The van der Waals surface area contributed by atoms with E-state index in [0.717, 1.165) is 31.2 Å². The largest absolute Gasteiger partial charge is 0.375 e. The Morgan fingerprint density at radius 1 is 0.909 bits per heavy atom. The van der Waals surface area contributed by atoms with Crippen molar-refractivity contribution in [2.75, 3.05) is 4.90 Å². The molecule has 1 unspecified atom stereocenters. The minimum Gasteiger partial charge on any atom is -0.375 e. The van der Waals surface area contributed by atoms with Gasteiger partial charge in [-0.25, -0.2) is 0 Å². The van der Waals surface area contributed by atoms with Gasteiger partial charge in [0.1, 0.15) is 0 Å². The molecule has 0 spiro atoms. The van der Waals surface area contributed by atoms with Crippen molar-refractivity contribution in [3.05, 3.63) is 98.5 Å². The lowest BCUT2D eigenvalue weighted by Gasteiger charge is -2.23. The zero-order chi connectivity index (χ0) is 23.2. The normalized spacial score (nSPS) is 19.4. The van der Waals surface area contributed by atoms with Crippen molar-refractivity contribution in [2.45, 2.75) is 44.2 Å². The van der Waals surface area contributed by atoms with E-state index in [0.29, 0.717) is 26.9 Å². The first-order valence-electron chi connectivity index (χ1n) is 11.1. The van der Waals surface area contributed by atoms with E-state index in [1.165, 1.54) is 16.0 Å². The number of Topliss-reactive ketones (excluding diaryl/α,β-unsaturated/α-hetero) is 1. The van der Waals surface area contributed by atoms with E-state index in [2.05, 4.69) is 0 Å². The van der Waals surface area contributed by atoms with Gasteiger partial charge in [0.05, 0.1) is 18.7 Å². The van der Waals surface area contributed by atoms with E-state index in [-0.39, 0.29) is 18.7 Å². The second-order valence-electron chi connectivity index (χ2n) is 8.83. The third-order valence-electron chi connectivity index (χ3n) is 6.63. The van der Waals surface area contributed by atoms with Crippen LogP contribution in [0.15, 0.2) is 60.7 Å². The van der Waals surface area contributed by atoms with E-state index in [1.54, 1.807) is 36.4 Å². The lowest BCUT2D eigenvalue weighted by molar-refractivity contribution is -0.136. The maximum absolute atomic E-state index is 13.5. The zero-order valence-electron chi connectivity index (χ0n) is 18.0. The summed E-state index contributed by atoms with van der Waals surface area (Å²) in [6, 6.07) is 17.9. The molecule has 1 heterocycles. The van der Waals surface area contributed by atoms with Crippen LogP contribution in [0.1, 0.15) is 51.9 Å². The highest BCUT2D eigenvalue weighted by molar-refractivity contribution is 6.31. The van der Waals surface area contributed by atoms with Crippen LogP contribution < -0.4 is 4.90 Å². The summed E-state index contributed by atoms with van der Waals surface area (Å²) in [6.07, 6.45) is 3.91. The number of hydrogen-bond acceptors (Lipinski definition) is 3. The van der Waals surface area contributed by atoms with Gasteiger partial charge in [0.15, 0.2) is 11.4 Å². The molecule has 1 N–H and O–H groups in total. The lowest BCUT2D eigenvalue weighted by atomic mass is 9.85. The summed E-state index contributed by atoms with van der Waals surface area (Å²) in [6.45, 7) is 0.250. The highest BCUT2D eigenvalue weighted by Gasteiger charge is 2.51. The summed E-state index contributed by atoms with van der Waals surface area (Å²) in [5, 5.41) is 12.6. The van der Waals surface area contributed by atoms with Gasteiger partial charge in [0, 0.05) is 21.2 Å². The molecule has 1 aliphatic heterocycles. The number of carbonyl (C=O) groups is 2. The molecule has 4 nitrogen and oxygen atoms in total. The molecule has 0 fully saturated rings. The predicted octanol–water partition coefficient (Wildman–Crippen LogP) is 5.88. The van der Waals surface area contributed by atoms with Gasteiger partial charge in [-0.15, -0.1) is 0 Å². The molecule has 3 aromatic carbocycles. The molecule has 1 aliphatic carbocycles. The Bertz CT molecular complexity index is 1250. The number of ketones is 1. The Hall–Kier alpha value is -2.66. The molecular weight excluding hydrogens is 457 g/mol. The van der Waals surface area contributed by atoms with E-state index in [4.69, 9.17) is 23.2 Å². The number of amides is 1. The number of carbonyl (C=O) groups excluding carboxylic acids is 2. The number of anilines is 1. The van der Waals surface area contributed by atoms with Crippen LogP contribution in [-0.2, 0) is 29.8 Å². The molecule has 6 heteroatoms. The molecule has 0 radical (unpaired) electrons. The Morgan fingerprint density at radius 2 is 1.61 bits per heavy atom. The molecule has 5 rings (SSSR count). The smallest absolute Gasteiger partial charge is 0.264 e. The maximum atomic E-state index is 13.5. The lowest BCUT2D eigenvalue weighted by Crippen LogP contribution is -2.41. The fraction of sp³-hybridized carbons (Fsp3) is 0.259. The number of benzene rings is 3. The van der Waals surface area contributed by atoms with Crippen LogP contribution in [0.4, 0.5) is 5.69 Å². The Kier molecular flexibility index (Phi) is 5.77. The average Bonchev–Trinajstić information content (AvgIpc) is 3.01. The standard InChI is InChI=1S/C27H23Cl2NO3/c28-21-9-5-17(6-10-21)16-30-24-12-11-22(29)14-23(24)27(33,26(30)32)15-25(31)20-8-7-18-3-1-2-4-19(18)13-20/h5-14,33H,1-4,15-16H2. The van der Waals surface area contributed by atoms with Crippen molar-refractivity contribution in [3.8, 4) is 0 Å². The van der Waals surface area contributed by atoms with Crippen LogP contribution in [0.2, 0.25) is 10.0 Å². The average molecular weight is 480 g/mol. The molecular formula is C27H23Cl2NO3. The van der Waals surface area contributed by atoms with Gasteiger partial charge in [-0.2, -0.15) is 0 Å². The van der Waals surface area contributed by atoms with E-state index in [1.807, 2.05) is 24.3 Å². The molecule has 3 aromatic rings. The first-order valence-corrected chi connectivity index (χ1v) is 11.8. The molecule has 0 bridgehead atoms. The monoisotopic (exact) mass is 479 g/mol. The highest BCUT2D eigenvalue weighted by Crippen LogP contribution is 2.45. The van der Waals surface area contributed by atoms with Gasteiger partial charge < -0.3 is 10.0 Å². The SMILES string of the molecule is O=C(CC1(O)C(=O)N(Cc2ccc(Cl)cc2)c2ccc(Cl)cc21)c1ccc2c(c1)CCCC2. The van der Waals surface area contributed by atoms with Gasteiger partial charge in [-0.05, 0) is 78.8 Å². The van der Waals surface area contributed by atoms with Crippen LogP contribution in [0.3, 0.4) is 0 Å². The van der Waals surface area contributed by atoms with E-state index in [9.17, 15) is 14.7 Å². The maximum Gasteiger partial charge on any atom is 0.264 e. The first-order chi connectivity index (χ1) is 15.8. The van der Waals surface area contributed by atoms with Crippen molar-refractivity contribution >= 4 is 40.6 Å². The van der Waals surface area contributed by atoms with Crippen molar-refractivity contribution < 1.29 is 14.7 Å². The highest BCUT2D eigenvalue weighted by atomic mass is 35.5. The molecule has 33 heavy (non-hydrogen) atoms. The van der Waals surface area contributed by atoms with Gasteiger partial charge in [-0.1, -0.05) is 47.5 Å². The predicted molar refractivity (Wildman–Crippen MR) is 130 cm³/mol. The van der Waals surface area contributed by atoms with Crippen LogP contribution in [0, 0.1) is 0 Å². The fourth-order valence-corrected chi connectivity index (χ4v) is 5.16. The summed E-state index contributed by atoms with van der Waals surface area (Å²) < 4.78 is 0. The summed E-state index contributed by atoms with van der Waals surface area (Å²) in [5.41, 5.74) is 2.79. The van der Waals surface area contributed by atoms with Crippen LogP contribution in [-0.4, -0.2) is 16.8 Å². The number of nitrogens with zero attached hydrogens (tertiary/aromatic N) is 1. The number of halogens is 2. The van der Waals surface area contributed by atoms with Crippen molar-refractivity contribution in [3.63, 3.8) is 0 Å². The van der Waals surface area contributed by atoms with Crippen LogP contribution in [0.5, 0.6) is 0 Å². The Balaban J connectivity index is 1.47. The number of aliphatic hydroxyl groups is 1. The number of hydrogen-bond donors (Lipinski definition) is 1. The van der Waals surface area contributed by atoms with Crippen LogP contribution >= 0.6 is 23.2 Å². The summed E-state index contributed by atoms with van der Waals surface area (Å²) in [5.74, 6) is -0.792. The molecule has 0 aromatic heterocycles. The first kappa shape index (κ1) is 22.1. The quantitative estimate of drug-likeness (QED) is 0.464. The third kappa shape index (κ3) is 4.08. The number of rotatable bonds is 5. The van der Waals surface area contributed by atoms with Gasteiger partial charge in [0.25, 0.3) is 5.91 Å². The second kappa shape index (κ2) is 8.60. The molecule has 2 aliphatic rings. The molecule has 1 amide bonds. The summed E-state index contributed by atoms with van der Waals surface area (Å²) >= 11 is 12.2. The zero-order valence-corrected chi connectivity index (χ0v) is 19.5. The van der Waals surface area contributed by atoms with Crippen molar-refractivity contribution in [1.29, 1.82) is 0 Å². The molecule has 168 valence electrons. The van der Waals surface area contributed by atoms with Gasteiger partial charge in [-0.3, -0.25) is 9.59 Å². The number of aryl methyl sites for hydroxylation is 2. The minimum absolute atomic E-state index is 0.250. The summed E-state index contributed by atoms with van der Waals surface area (Å²) in [7, 11) is 0. The third-order valence-corrected chi connectivity index (χ3v) is 7.12. The van der Waals surface area contributed by atoms with Crippen LogP contribution in [0.25, 0.3) is 0 Å².